The van der Waals surface area contributed by atoms with E-state index in [-0.39, 0.29) is 36.2 Å². The monoisotopic (exact) mass is 224 g/mol. The van der Waals surface area contributed by atoms with Crippen LogP contribution in [0.5, 0.6) is 5.75 Å². The van der Waals surface area contributed by atoms with E-state index in [1.54, 1.807) is 0 Å². The molecule has 1 aromatic carbocycles. The highest BCUT2D eigenvalue weighted by atomic mass is 19.1. The maximum absolute atomic E-state index is 13.5. The van der Waals surface area contributed by atoms with E-state index in [1.165, 1.54) is 12.1 Å². The molecular weight excluding hydrogens is 211 g/mol. The first kappa shape index (κ1) is 11.1. The topological polar surface area (TPSA) is 46.5 Å². The summed E-state index contributed by atoms with van der Waals surface area (Å²) in [4.78, 5) is 11.4. The Balaban J connectivity index is 2.11. The van der Waals surface area contributed by atoms with Crippen LogP contribution in [0.4, 0.5) is 4.39 Å². The van der Waals surface area contributed by atoms with E-state index >= 15 is 0 Å². The first-order valence-corrected chi connectivity index (χ1v) is 5.31. The molecular formula is C12H13FO3. The molecule has 1 saturated carbocycles. The quantitative estimate of drug-likeness (QED) is 0.777. The smallest absolute Gasteiger partial charge is 0.165 e. The molecule has 1 aromatic rings. The Bertz CT molecular complexity index is 399. The van der Waals surface area contributed by atoms with Gasteiger partial charge in [0.05, 0.1) is 12.7 Å². The van der Waals surface area contributed by atoms with E-state index in [0.717, 1.165) is 18.9 Å². The maximum Gasteiger partial charge on any atom is 0.165 e. The SMILES string of the molecule is O=C(CCO)c1ccc(OC2CC2)c(F)c1. The molecule has 86 valence electrons. The Kier molecular flexibility index (Phi) is 3.19. The summed E-state index contributed by atoms with van der Waals surface area (Å²) in [6.07, 6.45) is 2.07. The average Bonchev–Trinajstić information content (AvgIpc) is 3.05. The summed E-state index contributed by atoms with van der Waals surface area (Å²) < 4.78 is 18.8. The number of carbonyl (C=O) groups excluding carboxylic acids is 1. The van der Waals surface area contributed by atoms with Gasteiger partial charge in [-0.1, -0.05) is 0 Å². The number of Topliss-reactive ketones (excluding diaryl/α,β-unsaturated/α-hetero) is 1. The molecule has 16 heavy (non-hydrogen) atoms. The Morgan fingerprint density at radius 1 is 1.50 bits per heavy atom. The number of rotatable bonds is 5. The molecule has 0 aliphatic heterocycles. The van der Waals surface area contributed by atoms with Gasteiger partial charge in [-0.2, -0.15) is 0 Å². The number of benzene rings is 1. The summed E-state index contributed by atoms with van der Waals surface area (Å²) in [5.41, 5.74) is 0.273. The molecule has 0 heterocycles. The fourth-order valence-electron chi connectivity index (χ4n) is 1.38. The highest BCUT2D eigenvalue weighted by molar-refractivity contribution is 5.96. The average molecular weight is 224 g/mol. The minimum Gasteiger partial charge on any atom is -0.487 e. The molecule has 1 aliphatic rings. The molecule has 1 N–H and O–H groups in total. The molecule has 0 unspecified atom stereocenters. The van der Waals surface area contributed by atoms with E-state index < -0.39 is 5.82 Å². The van der Waals surface area contributed by atoms with Gasteiger partial charge in [0, 0.05) is 12.0 Å². The van der Waals surface area contributed by atoms with Crippen LogP contribution in [0.25, 0.3) is 0 Å². The van der Waals surface area contributed by atoms with E-state index in [9.17, 15) is 9.18 Å². The van der Waals surface area contributed by atoms with Crippen molar-refractivity contribution in [1.29, 1.82) is 0 Å². The van der Waals surface area contributed by atoms with Crippen molar-refractivity contribution in [2.75, 3.05) is 6.61 Å². The summed E-state index contributed by atoms with van der Waals surface area (Å²) in [5.74, 6) is -0.585. The van der Waals surface area contributed by atoms with Gasteiger partial charge in [0.25, 0.3) is 0 Å². The second kappa shape index (κ2) is 4.61. The number of aliphatic hydroxyl groups excluding tert-OH is 1. The number of carbonyl (C=O) groups is 1. The first-order chi connectivity index (χ1) is 7.70. The van der Waals surface area contributed by atoms with Gasteiger partial charge in [0.2, 0.25) is 0 Å². The standard InChI is InChI=1S/C12H13FO3/c13-10-7-8(11(15)5-6-14)1-4-12(10)16-9-2-3-9/h1,4,7,9,14H,2-3,5-6H2. The fraction of sp³-hybridized carbons (Fsp3) is 0.417. The van der Waals surface area contributed by atoms with Crippen molar-refractivity contribution >= 4 is 5.78 Å². The van der Waals surface area contributed by atoms with E-state index in [0.29, 0.717) is 0 Å². The van der Waals surface area contributed by atoms with Crippen molar-refractivity contribution < 1.29 is 19.0 Å². The molecule has 0 amide bonds. The lowest BCUT2D eigenvalue weighted by atomic mass is 10.1. The van der Waals surface area contributed by atoms with Crippen molar-refractivity contribution in [3.8, 4) is 5.75 Å². The Hall–Kier alpha value is -1.42. The normalized spacial score (nSPS) is 14.9. The highest BCUT2D eigenvalue weighted by Crippen LogP contribution is 2.28. The molecule has 1 aliphatic carbocycles. The Morgan fingerprint density at radius 3 is 2.81 bits per heavy atom. The molecule has 0 atom stereocenters. The molecule has 0 saturated heterocycles. The summed E-state index contributed by atoms with van der Waals surface area (Å²) in [7, 11) is 0. The maximum atomic E-state index is 13.5. The number of ketones is 1. The van der Waals surface area contributed by atoms with Crippen LogP contribution in [0.2, 0.25) is 0 Å². The van der Waals surface area contributed by atoms with Crippen LogP contribution in [0.1, 0.15) is 29.6 Å². The third-order valence-electron chi connectivity index (χ3n) is 2.41. The lowest BCUT2D eigenvalue weighted by Gasteiger charge is -2.06. The van der Waals surface area contributed by atoms with Crippen LogP contribution in [0.3, 0.4) is 0 Å². The number of halogens is 1. The minimum atomic E-state index is -0.518. The molecule has 2 rings (SSSR count). The second-order valence-corrected chi connectivity index (χ2v) is 3.86. The Labute approximate surface area is 92.9 Å². The predicted molar refractivity (Wildman–Crippen MR) is 56.1 cm³/mol. The molecule has 0 bridgehead atoms. The third kappa shape index (κ3) is 2.58. The highest BCUT2D eigenvalue weighted by Gasteiger charge is 2.24. The van der Waals surface area contributed by atoms with Gasteiger partial charge in [0.1, 0.15) is 0 Å². The molecule has 0 spiro atoms. The third-order valence-corrected chi connectivity index (χ3v) is 2.41. The van der Waals surface area contributed by atoms with Gasteiger partial charge in [0.15, 0.2) is 17.3 Å². The van der Waals surface area contributed by atoms with E-state index in [2.05, 4.69) is 0 Å². The van der Waals surface area contributed by atoms with Crippen LogP contribution >= 0.6 is 0 Å². The molecule has 4 heteroatoms. The number of hydrogen-bond donors (Lipinski definition) is 1. The first-order valence-electron chi connectivity index (χ1n) is 5.31. The van der Waals surface area contributed by atoms with Crippen molar-refractivity contribution in [1.82, 2.24) is 0 Å². The molecule has 3 nitrogen and oxygen atoms in total. The predicted octanol–water partition coefficient (Wildman–Crippen LogP) is 1.93. The summed E-state index contributed by atoms with van der Waals surface area (Å²) in [5, 5.41) is 8.61. The lowest BCUT2D eigenvalue weighted by molar-refractivity contribution is 0.0956. The number of ether oxygens (including phenoxy) is 1. The van der Waals surface area contributed by atoms with Crippen LogP contribution in [-0.2, 0) is 0 Å². The summed E-state index contributed by atoms with van der Waals surface area (Å²) in [6.45, 7) is -0.221. The van der Waals surface area contributed by atoms with Gasteiger partial charge in [-0.3, -0.25) is 4.79 Å². The molecule has 0 radical (unpaired) electrons. The van der Waals surface area contributed by atoms with E-state index in [1.807, 2.05) is 0 Å². The molecule has 1 fully saturated rings. The van der Waals surface area contributed by atoms with Gasteiger partial charge in [-0.15, -0.1) is 0 Å². The minimum absolute atomic E-state index is 0.0161. The summed E-state index contributed by atoms with van der Waals surface area (Å²) >= 11 is 0. The van der Waals surface area contributed by atoms with Crippen molar-refractivity contribution in [3.63, 3.8) is 0 Å². The van der Waals surface area contributed by atoms with Gasteiger partial charge in [-0.25, -0.2) is 4.39 Å². The fourth-order valence-corrected chi connectivity index (χ4v) is 1.38. The largest absolute Gasteiger partial charge is 0.487 e. The zero-order chi connectivity index (χ0) is 11.5. The second-order valence-electron chi connectivity index (χ2n) is 3.86. The summed E-state index contributed by atoms with van der Waals surface area (Å²) in [6, 6.07) is 4.16. The number of hydrogen-bond acceptors (Lipinski definition) is 3. The van der Waals surface area contributed by atoms with Crippen LogP contribution < -0.4 is 4.74 Å². The van der Waals surface area contributed by atoms with Gasteiger partial charge in [-0.05, 0) is 31.0 Å². The van der Waals surface area contributed by atoms with Crippen LogP contribution in [0.15, 0.2) is 18.2 Å². The van der Waals surface area contributed by atoms with Crippen molar-refractivity contribution in [2.24, 2.45) is 0 Å². The van der Waals surface area contributed by atoms with E-state index in [4.69, 9.17) is 9.84 Å². The van der Waals surface area contributed by atoms with Gasteiger partial charge >= 0.3 is 0 Å². The number of aliphatic hydroxyl groups is 1. The zero-order valence-corrected chi connectivity index (χ0v) is 8.78. The van der Waals surface area contributed by atoms with Gasteiger partial charge < -0.3 is 9.84 Å². The van der Waals surface area contributed by atoms with Crippen LogP contribution in [-0.4, -0.2) is 23.6 Å². The lowest BCUT2D eigenvalue weighted by Crippen LogP contribution is -2.04. The van der Waals surface area contributed by atoms with Crippen LogP contribution in [0, 0.1) is 5.82 Å². The molecule has 0 aromatic heterocycles. The van der Waals surface area contributed by atoms with Crippen molar-refractivity contribution in [2.45, 2.75) is 25.4 Å². The Morgan fingerprint density at radius 2 is 2.25 bits per heavy atom. The zero-order valence-electron chi connectivity index (χ0n) is 8.78. The van der Waals surface area contributed by atoms with Crippen molar-refractivity contribution in [3.05, 3.63) is 29.6 Å².